The van der Waals surface area contributed by atoms with Crippen LogP contribution in [0.25, 0.3) is 0 Å². The van der Waals surface area contributed by atoms with E-state index in [0.29, 0.717) is 12.8 Å². The van der Waals surface area contributed by atoms with E-state index in [1.54, 1.807) is 13.8 Å². The number of rotatable bonds is 8. The molecule has 0 aromatic rings. The van der Waals surface area contributed by atoms with Crippen LogP contribution in [0, 0.1) is 5.41 Å². The van der Waals surface area contributed by atoms with Crippen molar-refractivity contribution < 1.29 is 19.5 Å². The van der Waals surface area contributed by atoms with Gasteiger partial charge in [-0.25, -0.2) is 0 Å². The molecule has 0 aliphatic rings. The number of carboxylic acid groups (broad SMARTS) is 1. The van der Waals surface area contributed by atoms with Crippen LogP contribution in [0.1, 0.15) is 40.0 Å². The first-order chi connectivity index (χ1) is 8.29. The van der Waals surface area contributed by atoms with Gasteiger partial charge in [0, 0.05) is 13.0 Å². The van der Waals surface area contributed by atoms with Gasteiger partial charge in [-0.3, -0.25) is 14.4 Å². The molecule has 0 fully saturated rings. The van der Waals surface area contributed by atoms with Gasteiger partial charge < -0.3 is 15.7 Å². The third kappa shape index (κ3) is 6.88. The summed E-state index contributed by atoms with van der Waals surface area (Å²) >= 11 is 0. The van der Waals surface area contributed by atoms with E-state index >= 15 is 0 Å². The minimum atomic E-state index is -0.895. The van der Waals surface area contributed by atoms with Crippen LogP contribution >= 0.6 is 0 Å². The van der Waals surface area contributed by atoms with Crippen molar-refractivity contribution in [2.24, 2.45) is 5.41 Å². The SMILES string of the molecule is CCCC(=O)NCC(=O)NCCC(C)(C)C(=O)O. The monoisotopic (exact) mass is 258 g/mol. The Bertz CT molecular complexity index is 313. The molecule has 6 nitrogen and oxygen atoms in total. The van der Waals surface area contributed by atoms with Crippen LogP contribution in [0.15, 0.2) is 0 Å². The molecule has 0 unspecified atom stereocenters. The van der Waals surface area contributed by atoms with Gasteiger partial charge in [0.25, 0.3) is 0 Å². The molecule has 0 heterocycles. The average molecular weight is 258 g/mol. The smallest absolute Gasteiger partial charge is 0.309 e. The molecule has 18 heavy (non-hydrogen) atoms. The Hall–Kier alpha value is -1.59. The van der Waals surface area contributed by atoms with Crippen LogP contribution in [0.5, 0.6) is 0 Å². The van der Waals surface area contributed by atoms with Gasteiger partial charge in [-0.05, 0) is 26.7 Å². The highest BCUT2D eigenvalue weighted by Gasteiger charge is 2.26. The lowest BCUT2D eigenvalue weighted by Crippen LogP contribution is -2.38. The lowest BCUT2D eigenvalue weighted by Gasteiger charge is -2.18. The average Bonchev–Trinajstić information content (AvgIpc) is 2.26. The Morgan fingerprint density at radius 1 is 1.11 bits per heavy atom. The maximum Gasteiger partial charge on any atom is 0.309 e. The lowest BCUT2D eigenvalue weighted by atomic mass is 9.90. The first-order valence-electron chi connectivity index (χ1n) is 6.06. The highest BCUT2D eigenvalue weighted by atomic mass is 16.4. The summed E-state index contributed by atoms with van der Waals surface area (Å²) in [6, 6.07) is 0. The summed E-state index contributed by atoms with van der Waals surface area (Å²) in [6.07, 6.45) is 1.48. The van der Waals surface area contributed by atoms with Crippen molar-refractivity contribution in [3.05, 3.63) is 0 Å². The third-order valence-corrected chi connectivity index (χ3v) is 2.57. The van der Waals surface area contributed by atoms with Crippen molar-refractivity contribution in [2.45, 2.75) is 40.0 Å². The van der Waals surface area contributed by atoms with E-state index in [1.807, 2.05) is 6.92 Å². The predicted molar refractivity (Wildman–Crippen MR) is 67.0 cm³/mol. The van der Waals surface area contributed by atoms with Gasteiger partial charge in [-0.15, -0.1) is 0 Å². The lowest BCUT2D eigenvalue weighted by molar-refractivity contribution is -0.147. The van der Waals surface area contributed by atoms with E-state index in [9.17, 15) is 14.4 Å². The topological polar surface area (TPSA) is 95.5 Å². The molecule has 0 rings (SSSR count). The Kier molecular flexibility index (Phi) is 7.00. The molecule has 104 valence electrons. The standard InChI is InChI=1S/C12H22N2O4/c1-4-5-9(15)14-8-10(16)13-7-6-12(2,3)11(17)18/h4-8H2,1-3H3,(H,13,16)(H,14,15)(H,17,18). The Balaban J connectivity index is 3.78. The zero-order valence-electron chi connectivity index (χ0n) is 11.2. The predicted octanol–water partition coefficient (Wildman–Crippen LogP) is 0.520. The Morgan fingerprint density at radius 2 is 1.72 bits per heavy atom. The molecular weight excluding hydrogens is 236 g/mol. The van der Waals surface area contributed by atoms with Crippen LogP contribution in [0.2, 0.25) is 0 Å². The van der Waals surface area contributed by atoms with Crippen molar-refractivity contribution in [3.63, 3.8) is 0 Å². The first kappa shape index (κ1) is 16.4. The van der Waals surface area contributed by atoms with E-state index < -0.39 is 11.4 Å². The van der Waals surface area contributed by atoms with Crippen LogP contribution in [-0.2, 0) is 14.4 Å². The molecule has 0 aliphatic heterocycles. The van der Waals surface area contributed by atoms with Crippen molar-refractivity contribution in [1.82, 2.24) is 10.6 Å². The Labute approximate surface area is 107 Å². The van der Waals surface area contributed by atoms with E-state index in [0.717, 1.165) is 6.42 Å². The van der Waals surface area contributed by atoms with Crippen molar-refractivity contribution in [2.75, 3.05) is 13.1 Å². The molecule has 0 saturated carbocycles. The van der Waals surface area contributed by atoms with Gasteiger partial charge >= 0.3 is 5.97 Å². The van der Waals surface area contributed by atoms with Gasteiger partial charge in [0.2, 0.25) is 11.8 Å². The number of carboxylic acids is 1. The molecule has 0 radical (unpaired) electrons. The summed E-state index contributed by atoms with van der Waals surface area (Å²) in [5.41, 5.74) is -0.862. The van der Waals surface area contributed by atoms with E-state index in [2.05, 4.69) is 10.6 Å². The fraction of sp³-hybridized carbons (Fsp3) is 0.750. The molecule has 6 heteroatoms. The van der Waals surface area contributed by atoms with Crippen LogP contribution in [0.4, 0.5) is 0 Å². The maximum absolute atomic E-state index is 11.3. The zero-order valence-corrected chi connectivity index (χ0v) is 11.2. The van der Waals surface area contributed by atoms with E-state index in [1.165, 1.54) is 0 Å². The summed E-state index contributed by atoms with van der Waals surface area (Å²) < 4.78 is 0. The second kappa shape index (κ2) is 7.68. The number of carbonyl (C=O) groups excluding carboxylic acids is 2. The fourth-order valence-electron chi connectivity index (χ4n) is 1.18. The van der Waals surface area contributed by atoms with Gasteiger partial charge in [0.1, 0.15) is 0 Å². The number of aliphatic carboxylic acids is 1. The molecule has 0 bridgehead atoms. The van der Waals surface area contributed by atoms with Crippen molar-refractivity contribution in [3.8, 4) is 0 Å². The van der Waals surface area contributed by atoms with E-state index in [4.69, 9.17) is 5.11 Å². The molecule has 0 aliphatic carbocycles. The number of nitrogens with one attached hydrogen (secondary N) is 2. The van der Waals surface area contributed by atoms with E-state index in [-0.39, 0.29) is 24.9 Å². The van der Waals surface area contributed by atoms with Gasteiger partial charge in [-0.1, -0.05) is 6.92 Å². The van der Waals surface area contributed by atoms with Gasteiger partial charge in [0.05, 0.1) is 12.0 Å². The maximum atomic E-state index is 11.3. The molecule has 0 atom stereocenters. The highest BCUT2D eigenvalue weighted by Crippen LogP contribution is 2.19. The summed E-state index contributed by atoms with van der Waals surface area (Å²) in [5, 5.41) is 13.9. The number of amides is 2. The quantitative estimate of drug-likeness (QED) is 0.591. The summed E-state index contributed by atoms with van der Waals surface area (Å²) in [6.45, 7) is 5.30. The van der Waals surface area contributed by atoms with Gasteiger partial charge in [0.15, 0.2) is 0 Å². The molecule has 0 aromatic carbocycles. The zero-order chi connectivity index (χ0) is 14.2. The molecule has 2 amide bonds. The first-order valence-corrected chi connectivity index (χ1v) is 6.06. The molecule has 0 spiro atoms. The third-order valence-electron chi connectivity index (χ3n) is 2.57. The van der Waals surface area contributed by atoms with Crippen molar-refractivity contribution >= 4 is 17.8 Å². The molecule has 0 aromatic heterocycles. The fourth-order valence-corrected chi connectivity index (χ4v) is 1.18. The minimum absolute atomic E-state index is 0.0632. The number of carbonyl (C=O) groups is 3. The molecule has 3 N–H and O–H groups in total. The van der Waals surface area contributed by atoms with Crippen molar-refractivity contribution in [1.29, 1.82) is 0 Å². The normalized spacial score (nSPS) is 10.8. The van der Waals surface area contributed by atoms with Crippen LogP contribution < -0.4 is 10.6 Å². The van der Waals surface area contributed by atoms with Crippen LogP contribution in [-0.4, -0.2) is 36.0 Å². The summed E-state index contributed by atoms with van der Waals surface area (Å²) in [4.78, 5) is 33.2. The Morgan fingerprint density at radius 3 is 2.22 bits per heavy atom. The van der Waals surface area contributed by atoms with Gasteiger partial charge in [-0.2, -0.15) is 0 Å². The second-order valence-electron chi connectivity index (χ2n) is 4.82. The molecule has 0 saturated heterocycles. The number of hydrogen-bond donors (Lipinski definition) is 3. The number of hydrogen-bond acceptors (Lipinski definition) is 3. The van der Waals surface area contributed by atoms with Crippen LogP contribution in [0.3, 0.4) is 0 Å². The second-order valence-corrected chi connectivity index (χ2v) is 4.82. The largest absolute Gasteiger partial charge is 0.481 e. The summed E-state index contributed by atoms with van der Waals surface area (Å²) in [7, 11) is 0. The minimum Gasteiger partial charge on any atom is -0.481 e. The molecular formula is C12H22N2O4. The highest BCUT2D eigenvalue weighted by molar-refractivity contribution is 5.84. The summed E-state index contributed by atoms with van der Waals surface area (Å²) in [5.74, 6) is -1.35.